The van der Waals surface area contributed by atoms with Gasteiger partial charge >= 0.3 is 0 Å². The lowest BCUT2D eigenvalue weighted by Gasteiger charge is -2.44. The summed E-state index contributed by atoms with van der Waals surface area (Å²) in [5, 5.41) is 34.8. The summed E-state index contributed by atoms with van der Waals surface area (Å²) in [5.41, 5.74) is 4.52. The van der Waals surface area contributed by atoms with E-state index in [4.69, 9.17) is 4.98 Å². The van der Waals surface area contributed by atoms with Crippen molar-refractivity contribution in [1.29, 1.82) is 0 Å². The number of thiazole rings is 1. The van der Waals surface area contributed by atoms with Crippen LogP contribution in [0.4, 0.5) is 0 Å². The molecule has 0 bridgehead atoms. The maximum Gasteiger partial charge on any atom is 0.102 e. The first kappa shape index (κ1) is 27.1. The lowest BCUT2D eigenvalue weighted by atomic mass is 9.61. The fraction of sp³-hybridized carbons (Fsp3) is 0.656. The monoisotopic (exact) mass is 523 g/mol. The molecule has 4 aliphatic rings. The van der Waals surface area contributed by atoms with E-state index in [1.54, 1.807) is 11.3 Å². The predicted molar refractivity (Wildman–Crippen MR) is 151 cm³/mol. The SMILES string of the molecule is C=C1/C(=C\C=C2/CCC[C@]3(C)[C@@H]([C@H](C)/C=C/[C@@H](O)C4(c5nc(CC)cs5)CC4)CC[C@@H]23)C[C@@H](O)C[C@@H]1O. The van der Waals surface area contributed by atoms with Crippen molar-refractivity contribution in [2.45, 2.75) is 109 Å². The third-order valence-electron chi connectivity index (χ3n) is 10.2. The van der Waals surface area contributed by atoms with Crippen LogP contribution >= 0.6 is 11.3 Å². The zero-order chi connectivity index (χ0) is 26.4. The van der Waals surface area contributed by atoms with Crippen LogP contribution in [0.25, 0.3) is 0 Å². The highest BCUT2D eigenvalue weighted by Crippen LogP contribution is 2.60. The van der Waals surface area contributed by atoms with Gasteiger partial charge in [0.25, 0.3) is 0 Å². The number of rotatable bonds is 7. The number of aromatic nitrogens is 1. The second-order valence-corrected chi connectivity index (χ2v) is 13.4. The van der Waals surface area contributed by atoms with Crippen LogP contribution in [0.5, 0.6) is 0 Å². The summed E-state index contributed by atoms with van der Waals surface area (Å²) in [5.74, 6) is 1.60. The number of aliphatic hydroxyl groups excluding tert-OH is 3. The molecule has 3 N–H and O–H groups in total. The molecule has 0 amide bonds. The summed E-state index contributed by atoms with van der Waals surface area (Å²) in [4.78, 5) is 4.81. The lowest BCUT2D eigenvalue weighted by Crippen LogP contribution is -2.35. The molecule has 5 heteroatoms. The van der Waals surface area contributed by atoms with Gasteiger partial charge in [0.15, 0.2) is 0 Å². The molecule has 0 saturated heterocycles. The van der Waals surface area contributed by atoms with E-state index in [-0.39, 0.29) is 10.8 Å². The third-order valence-corrected chi connectivity index (χ3v) is 11.3. The number of fused-ring (bicyclic) bond motifs is 1. The molecule has 202 valence electrons. The summed E-state index contributed by atoms with van der Waals surface area (Å²) in [6.45, 7) is 11.1. The first-order valence-corrected chi connectivity index (χ1v) is 15.3. The van der Waals surface area contributed by atoms with E-state index in [0.29, 0.717) is 30.6 Å². The van der Waals surface area contributed by atoms with Crippen molar-refractivity contribution < 1.29 is 15.3 Å². The molecule has 0 aromatic carbocycles. The average Bonchev–Trinajstić information content (AvgIpc) is 3.39. The largest absolute Gasteiger partial charge is 0.393 e. The van der Waals surface area contributed by atoms with Crippen molar-refractivity contribution in [2.24, 2.45) is 23.2 Å². The van der Waals surface area contributed by atoms with Crippen molar-refractivity contribution >= 4 is 11.3 Å². The van der Waals surface area contributed by atoms with Crippen LogP contribution < -0.4 is 0 Å². The Morgan fingerprint density at radius 3 is 2.68 bits per heavy atom. The van der Waals surface area contributed by atoms with Gasteiger partial charge in [-0.25, -0.2) is 4.98 Å². The van der Waals surface area contributed by atoms with E-state index in [1.165, 1.54) is 31.3 Å². The van der Waals surface area contributed by atoms with Crippen LogP contribution in [0.3, 0.4) is 0 Å². The molecule has 1 heterocycles. The molecule has 0 spiro atoms. The minimum atomic E-state index is -0.636. The van der Waals surface area contributed by atoms with Gasteiger partial charge in [0.05, 0.1) is 29.4 Å². The van der Waals surface area contributed by atoms with Gasteiger partial charge in [-0.05, 0) is 92.1 Å². The normalized spacial score (nSPS) is 37.3. The summed E-state index contributed by atoms with van der Waals surface area (Å²) in [7, 11) is 0. The van der Waals surface area contributed by atoms with E-state index in [1.807, 2.05) is 0 Å². The third kappa shape index (κ3) is 5.09. The van der Waals surface area contributed by atoms with Crippen LogP contribution in [-0.4, -0.2) is 38.6 Å². The maximum absolute atomic E-state index is 11.2. The average molecular weight is 524 g/mol. The molecule has 4 nitrogen and oxygen atoms in total. The molecule has 5 rings (SSSR count). The molecule has 0 radical (unpaired) electrons. The van der Waals surface area contributed by atoms with Gasteiger partial charge in [-0.15, -0.1) is 11.3 Å². The zero-order valence-electron chi connectivity index (χ0n) is 22.8. The quantitative estimate of drug-likeness (QED) is 0.360. The summed E-state index contributed by atoms with van der Waals surface area (Å²) in [6.07, 6.45) is 17.2. The molecular formula is C32H45NO3S. The van der Waals surface area contributed by atoms with E-state index in [9.17, 15) is 15.3 Å². The highest BCUT2D eigenvalue weighted by atomic mass is 32.1. The second kappa shape index (κ2) is 10.6. The molecule has 4 fully saturated rings. The Bertz CT molecular complexity index is 1100. The minimum Gasteiger partial charge on any atom is -0.393 e. The van der Waals surface area contributed by atoms with Crippen molar-refractivity contribution in [1.82, 2.24) is 4.98 Å². The minimum absolute atomic E-state index is 0.158. The Labute approximate surface area is 226 Å². The number of nitrogens with zero attached hydrogens (tertiary/aromatic N) is 1. The molecule has 1 aromatic rings. The summed E-state index contributed by atoms with van der Waals surface area (Å²) >= 11 is 1.71. The molecule has 4 aliphatic carbocycles. The zero-order valence-corrected chi connectivity index (χ0v) is 23.6. The van der Waals surface area contributed by atoms with Crippen molar-refractivity contribution in [3.63, 3.8) is 0 Å². The molecule has 4 saturated carbocycles. The fourth-order valence-corrected chi connectivity index (χ4v) is 8.87. The highest BCUT2D eigenvalue weighted by Gasteiger charge is 2.53. The van der Waals surface area contributed by atoms with E-state index in [0.717, 1.165) is 47.5 Å². The maximum atomic E-state index is 11.2. The van der Waals surface area contributed by atoms with Crippen molar-refractivity contribution in [3.05, 3.63) is 63.7 Å². The molecule has 1 aromatic heterocycles. The summed E-state index contributed by atoms with van der Waals surface area (Å²) in [6, 6.07) is 0. The van der Waals surface area contributed by atoms with Crippen LogP contribution in [0.2, 0.25) is 0 Å². The van der Waals surface area contributed by atoms with Crippen molar-refractivity contribution in [3.8, 4) is 0 Å². The van der Waals surface area contributed by atoms with Gasteiger partial charge in [-0.3, -0.25) is 0 Å². The Morgan fingerprint density at radius 1 is 1.19 bits per heavy atom. The summed E-state index contributed by atoms with van der Waals surface area (Å²) < 4.78 is 0. The van der Waals surface area contributed by atoms with E-state index in [2.05, 4.69) is 57.0 Å². The van der Waals surface area contributed by atoms with Gasteiger partial charge in [0.1, 0.15) is 5.01 Å². The smallest absolute Gasteiger partial charge is 0.102 e. The topological polar surface area (TPSA) is 73.6 Å². The molecular weight excluding hydrogens is 478 g/mol. The van der Waals surface area contributed by atoms with Crippen molar-refractivity contribution in [2.75, 3.05) is 0 Å². The first-order valence-electron chi connectivity index (χ1n) is 14.4. The molecule has 7 atom stereocenters. The first-order chi connectivity index (χ1) is 17.7. The molecule has 0 aliphatic heterocycles. The second-order valence-electron chi connectivity index (χ2n) is 12.5. The van der Waals surface area contributed by atoms with Crippen LogP contribution in [0, 0.1) is 23.2 Å². The predicted octanol–water partition coefficient (Wildman–Crippen LogP) is 6.43. The highest BCUT2D eigenvalue weighted by molar-refractivity contribution is 7.09. The molecule has 0 unspecified atom stereocenters. The number of hydrogen-bond acceptors (Lipinski definition) is 5. The standard InChI is InChI=1S/C32H45NO3S/c1-5-24-19-37-30(33-24)32(15-16-32)29(36)13-8-20(2)26-11-12-27-22(7-6-14-31(26,27)4)9-10-23-17-25(34)18-28(35)21(23)3/h8-10,13,19-20,25-29,34-36H,3,5-7,11-12,14-18H2,1-2,4H3/b13-8+,22-9+,23-10-/t20-,25-,26-,27+,28+,29-,31-/m1/s1. The lowest BCUT2D eigenvalue weighted by molar-refractivity contribution is 0.0862. The van der Waals surface area contributed by atoms with Gasteiger partial charge < -0.3 is 15.3 Å². The number of allylic oxidation sites excluding steroid dienone is 4. The molecule has 37 heavy (non-hydrogen) atoms. The van der Waals surface area contributed by atoms with Crippen LogP contribution in [0.1, 0.15) is 89.3 Å². The van der Waals surface area contributed by atoms with Gasteiger partial charge in [0, 0.05) is 11.8 Å². The Kier molecular flexibility index (Phi) is 7.72. The number of hydrogen-bond donors (Lipinski definition) is 3. The van der Waals surface area contributed by atoms with Gasteiger partial charge in [0.2, 0.25) is 0 Å². The number of aliphatic hydroxyl groups is 3. The van der Waals surface area contributed by atoms with Gasteiger partial charge in [-0.2, -0.15) is 0 Å². The Hall–Kier alpha value is -1.53. The van der Waals surface area contributed by atoms with Gasteiger partial charge in [-0.1, -0.05) is 57.2 Å². The van der Waals surface area contributed by atoms with Crippen LogP contribution in [-0.2, 0) is 11.8 Å². The Morgan fingerprint density at radius 2 is 1.97 bits per heavy atom. The van der Waals surface area contributed by atoms with Crippen LogP contribution in [0.15, 0.2) is 53.0 Å². The van der Waals surface area contributed by atoms with E-state index >= 15 is 0 Å². The number of aryl methyl sites for hydroxylation is 1. The Balaban J connectivity index is 1.28. The van der Waals surface area contributed by atoms with E-state index < -0.39 is 18.3 Å². The fourth-order valence-electron chi connectivity index (χ4n) is 7.68.